The molecule has 0 aromatic heterocycles. The second-order valence-electron chi connectivity index (χ2n) is 6.02. The van der Waals surface area contributed by atoms with Gasteiger partial charge in [0.25, 0.3) is 5.91 Å². The molecule has 0 saturated heterocycles. The first kappa shape index (κ1) is 16.3. The Morgan fingerprint density at radius 3 is 2.54 bits per heavy atom. The molecule has 2 aromatic rings. The van der Waals surface area contributed by atoms with Crippen LogP contribution in [0.2, 0.25) is 0 Å². The minimum absolute atomic E-state index is 0.121. The second kappa shape index (κ2) is 7.35. The molecule has 1 amide bonds. The number of hydrogen-bond acceptors (Lipinski definition) is 2. The van der Waals surface area contributed by atoms with Crippen molar-refractivity contribution in [3.8, 4) is 0 Å². The highest BCUT2D eigenvalue weighted by atomic mass is 16.2. The van der Waals surface area contributed by atoms with Crippen molar-refractivity contribution in [2.24, 2.45) is 0 Å². The van der Waals surface area contributed by atoms with Gasteiger partial charge in [-0.15, -0.1) is 0 Å². The van der Waals surface area contributed by atoms with Crippen LogP contribution in [0.1, 0.15) is 46.9 Å². The molecule has 0 bridgehead atoms. The Morgan fingerprint density at radius 2 is 1.75 bits per heavy atom. The summed E-state index contributed by atoms with van der Waals surface area (Å²) in [7, 11) is 0. The van der Waals surface area contributed by atoms with E-state index in [9.17, 15) is 4.79 Å². The van der Waals surface area contributed by atoms with Crippen molar-refractivity contribution in [1.29, 1.82) is 0 Å². The molecule has 1 heterocycles. The Labute approximate surface area is 144 Å². The van der Waals surface area contributed by atoms with Crippen LogP contribution in [-0.4, -0.2) is 23.9 Å². The lowest BCUT2D eigenvalue weighted by atomic mass is 9.91. The zero-order valence-electron chi connectivity index (χ0n) is 14.3. The molecule has 0 fully saturated rings. The molecule has 1 aliphatic heterocycles. The van der Waals surface area contributed by atoms with Crippen molar-refractivity contribution >= 4 is 12.0 Å². The summed E-state index contributed by atoms with van der Waals surface area (Å²) in [5.41, 5.74) is 4.44. The van der Waals surface area contributed by atoms with Crippen LogP contribution < -0.4 is 5.32 Å². The van der Waals surface area contributed by atoms with Crippen LogP contribution in [0.4, 0.5) is 0 Å². The molecule has 124 valence electrons. The van der Waals surface area contributed by atoms with Gasteiger partial charge in [-0.3, -0.25) is 4.79 Å². The summed E-state index contributed by atoms with van der Waals surface area (Å²) < 4.78 is 0. The number of amides is 1. The lowest BCUT2D eigenvalue weighted by Crippen LogP contribution is -2.31. The fourth-order valence-corrected chi connectivity index (χ4v) is 3.30. The van der Waals surface area contributed by atoms with Crippen molar-refractivity contribution in [3.05, 3.63) is 77.0 Å². The van der Waals surface area contributed by atoms with Gasteiger partial charge < -0.3 is 10.2 Å². The monoisotopic (exact) mass is 320 g/mol. The Morgan fingerprint density at radius 1 is 1.04 bits per heavy atom. The number of nitrogens with zero attached hydrogens (tertiary/aromatic N) is 1. The van der Waals surface area contributed by atoms with Gasteiger partial charge in [0.2, 0.25) is 0 Å². The van der Waals surface area contributed by atoms with Crippen molar-refractivity contribution in [3.63, 3.8) is 0 Å². The van der Waals surface area contributed by atoms with Crippen molar-refractivity contribution < 1.29 is 4.79 Å². The zero-order valence-corrected chi connectivity index (χ0v) is 14.3. The number of carbonyl (C=O) groups excluding carboxylic acids is 1. The van der Waals surface area contributed by atoms with Crippen LogP contribution in [0, 0.1) is 0 Å². The number of fused-ring (bicyclic) bond motifs is 1. The van der Waals surface area contributed by atoms with Crippen LogP contribution >= 0.6 is 0 Å². The number of nitrogens with one attached hydrogen (secondary N) is 1. The van der Waals surface area contributed by atoms with E-state index in [1.54, 1.807) is 0 Å². The first-order valence-corrected chi connectivity index (χ1v) is 8.63. The molecule has 1 aliphatic rings. The van der Waals surface area contributed by atoms with Gasteiger partial charge in [-0.05, 0) is 55.3 Å². The topological polar surface area (TPSA) is 32.3 Å². The van der Waals surface area contributed by atoms with E-state index in [4.69, 9.17) is 0 Å². The lowest BCUT2D eigenvalue weighted by molar-refractivity contribution is 0.0771. The molecular weight excluding hydrogens is 296 g/mol. The molecule has 3 nitrogen and oxygen atoms in total. The van der Waals surface area contributed by atoms with Gasteiger partial charge in [-0.2, -0.15) is 0 Å². The first-order valence-electron chi connectivity index (χ1n) is 8.63. The van der Waals surface area contributed by atoms with Crippen LogP contribution in [0.25, 0.3) is 6.08 Å². The summed E-state index contributed by atoms with van der Waals surface area (Å²) in [5.74, 6) is 0.121. The third-order valence-electron chi connectivity index (χ3n) is 4.65. The molecule has 2 aromatic carbocycles. The molecule has 0 radical (unpaired) electrons. The standard InChI is InChI=1S/C21H24N2O/c1-3-23(4-2)21(24)19-12-8-6-10-17(19)15-20-18-11-7-5-9-16(18)13-14-22-20/h5-14,20,22H,3-4,15H2,1-2H3. The van der Waals surface area contributed by atoms with Gasteiger partial charge in [0.15, 0.2) is 0 Å². The molecular formula is C21H24N2O. The predicted octanol–water partition coefficient (Wildman–Crippen LogP) is 4.03. The lowest BCUT2D eigenvalue weighted by Gasteiger charge is -2.25. The molecule has 1 N–H and O–H groups in total. The van der Waals surface area contributed by atoms with E-state index in [-0.39, 0.29) is 11.9 Å². The number of carbonyl (C=O) groups is 1. The maximum atomic E-state index is 12.8. The second-order valence-corrected chi connectivity index (χ2v) is 6.02. The minimum Gasteiger partial charge on any atom is -0.384 e. The number of benzene rings is 2. The van der Waals surface area contributed by atoms with Crippen molar-refractivity contribution in [2.45, 2.75) is 26.3 Å². The van der Waals surface area contributed by atoms with Crippen LogP contribution in [0.15, 0.2) is 54.7 Å². The SMILES string of the molecule is CCN(CC)C(=O)c1ccccc1CC1NC=Cc2ccccc21. The highest BCUT2D eigenvalue weighted by Gasteiger charge is 2.21. The van der Waals surface area contributed by atoms with E-state index in [0.29, 0.717) is 0 Å². The van der Waals surface area contributed by atoms with Crippen molar-refractivity contribution in [1.82, 2.24) is 10.2 Å². The minimum atomic E-state index is 0.121. The molecule has 0 spiro atoms. The summed E-state index contributed by atoms with van der Waals surface area (Å²) in [6, 6.07) is 16.6. The predicted molar refractivity (Wildman–Crippen MR) is 98.8 cm³/mol. The fraction of sp³-hybridized carbons (Fsp3) is 0.286. The maximum absolute atomic E-state index is 12.8. The van der Waals surface area contributed by atoms with Crippen molar-refractivity contribution in [2.75, 3.05) is 13.1 Å². The molecule has 3 rings (SSSR count). The first-order chi connectivity index (χ1) is 11.7. The Bertz CT molecular complexity index is 747. The normalized spacial score (nSPS) is 15.5. The third-order valence-corrected chi connectivity index (χ3v) is 4.65. The highest BCUT2D eigenvalue weighted by molar-refractivity contribution is 5.95. The van der Waals surface area contributed by atoms with Crippen LogP contribution in [0.5, 0.6) is 0 Å². The fourth-order valence-electron chi connectivity index (χ4n) is 3.30. The molecule has 24 heavy (non-hydrogen) atoms. The van der Waals surface area contributed by atoms with E-state index < -0.39 is 0 Å². The van der Waals surface area contributed by atoms with Crippen LogP contribution in [-0.2, 0) is 6.42 Å². The van der Waals surface area contributed by atoms with Gasteiger partial charge in [-0.1, -0.05) is 42.5 Å². The van der Waals surface area contributed by atoms with Gasteiger partial charge in [0.1, 0.15) is 0 Å². The van der Waals surface area contributed by atoms with E-state index in [0.717, 1.165) is 30.6 Å². The maximum Gasteiger partial charge on any atom is 0.254 e. The van der Waals surface area contributed by atoms with E-state index in [1.807, 2.05) is 43.1 Å². The van der Waals surface area contributed by atoms with E-state index >= 15 is 0 Å². The summed E-state index contributed by atoms with van der Waals surface area (Å²) in [6.45, 7) is 5.51. The van der Waals surface area contributed by atoms with Crippen LogP contribution in [0.3, 0.4) is 0 Å². The average Bonchev–Trinajstić information content (AvgIpc) is 2.63. The molecule has 0 aliphatic carbocycles. The van der Waals surface area contributed by atoms with Gasteiger partial charge >= 0.3 is 0 Å². The van der Waals surface area contributed by atoms with Gasteiger partial charge in [0, 0.05) is 18.7 Å². The molecule has 0 saturated carbocycles. The largest absolute Gasteiger partial charge is 0.384 e. The Hall–Kier alpha value is -2.55. The highest BCUT2D eigenvalue weighted by Crippen LogP contribution is 2.27. The smallest absolute Gasteiger partial charge is 0.254 e. The molecule has 1 unspecified atom stereocenters. The molecule has 3 heteroatoms. The average molecular weight is 320 g/mol. The molecule has 1 atom stereocenters. The van der Waals surface area contributed by atoms with E-state index in [1.165, 1.54) is 11.1 Å². The quantitative estimate of drug-likeness (QED) is 0.902. The summed E-state index contributed by atoms with van der Waals surface area (Å²) in [6.07, 6.45) is 4.89. The Balaban J connectivity index is 1.89. The van der Waals surface area contributed by atoms with Gasteiger partial charge in [0.05, 0.1) is 6.04 Å². The summed E-state index contributed by atoms with van der Waals surface area (Å²) in [4.78, 5) is 14.7. The number of rotatable bonds is 5. The van der Waals surface area contributed by atoms with E-state index in [2.05, 4.69) is 41.7 Å². The summed E-state index contributed by atoms with van der Waals surface area (Å²) >= 11 is 0. The Kier molecular flexibility index (Phi) is 4.99. The zero-order chi connectivity index (χ0) is 16.9. The number of hydrogen-bond donors (Lipinski definition) is 1. The summed E-state index contributed by atoms with van der Waals surface area (Å²) in [5, 5.41) is 3.44. The van der Waals surface area contributed by atoms with Gasteiger partial charge in [-0.25, -0.2) is 0 Å². The third kappa shape index (κ3) is 3.21.